The number of aryl methyl sites for hydroxylation is 1. The molecule has 29 heavy (non-hydrogen) atoms. The number of carbonyl (C=O) groups is 2. The van der Waals surface area contributed by atoms with Gasteiger partial charge in [-0.1, -0.05) is 34.1 Å². The van der Waals surface area contributed by atoms with Gasteiger partial charge in [0.25, 0.3) is 0 Å². The average molecular weight is 452 g/mol. The second kappa shape index (κ2) is 7.67. The number of nitrogens with one attached hydrogen (secondary N) is 1. The van der Waals surface area contributed by atoms with E-state index in [1.54, 1.807) is 6.07 Å². The van der Waals surface area contributed by atoms with Crippen molar-refractivity contribution in [3.63, 3.8) is 0 Å². The van der Waals surface area contributed by atoms with Crippen LogP contribution >= 0.6 is 15.9 Å². The molecule has 0 saturated heterocycles. The standard InChI is InChI=1S/C22H18BrN3O3/c1-13-11-18(14(2)26(13)16-9-7-15(23)8-10-16)20(27)12-29-22(28)21-17-5-3-4-6-19(17)24-25-21/h3-11H,12H2,1-2H3,(H,24,25). The Morgan fingerprint density at radius 2 is 1.83 bits per heavy atom. The molecule has 6 nitrogen and oxygen atoms in total. The highest BCUT2D eigenvalue weighted by atomic mass is 79.9. The van der Waals surface area contributed by atoms with Crippen molar-refractivity contribution in [1.82, 2.24) is 14.8 Å². The van der Waals surface area contributed by atoms with E-state index in [9.17, 15) is 9.59 Å². The van der Waals surface area contributed by atoms with Gasteiger partial charge in [0.1, 0.15) is 0 Å². The van der Waals surface area contributed by atoms with Crippen molar-refractivity contribution in [3.8, 4) is 5.69 Å². The number of nitrogens with zero attached hydrogens (tertiary/aromatic N) is 2. The van der Waals surface area contributed by atoms with Crippen LogP contribution in [0.25, 0.3) is 16.6 Å². The molecule has 146 valence electrons. The van der Waals surface area contributed by atoms with E-state index < -0.39 is 5.97 Å². The molecule has 4 rings (SSSR count). The van der Waals surface area contributed by atoms with Crippen LogP contribution in [-0.2, 0) is 4.74 Å². The SMILES string of the molecule is Cc1cc(C(=O)COC(=O)c2n[nH]c3ccccc23)c(C)n1-c1ccc(Br)cc1. The van der Waals surface area contributed by atoms with Crippen LogP contribution in [0.15, 0.2) is 59.1 Å². The molecule has 0 unspecified atom stereocenters. The fraction of sp³-hybridized carbons (Fsp3) is 0.136. The predicted octanol–water partition coefficient (Wildman–Crippen LogP) is 4.77. The number of hydrogen-bond acceptors (Lipinski definition) is 4. The Balaban J connectivity index is 1.52. The number of H-pyrrole nitrogens is 1. The van der Waals surface area contributed by atoms with Gasteiger partial charge in [-0.05, 0) is 50.2 Å². The number of fused-ring (bicyclic) bond motifs is 1. The van der Waals surface area contributed by atoms with Crippen molar-refractivity contribution in [2.45, 2.75) is 13.8 Å². The molecular weight excluding hydrogens is 434 g/mol. The zero-order chi connectivity index (χ0) is 20.5. The molecule has 0 bridgehead atoms. The Hall–Kier alpha value is -3.19. The first kappa shape index (κ1) is 19.1. The molecule has 0 saturated carbocycles. The number of esters is 1. The van der Waals surface area contributed by atoms with Crippen molar-refractivity contribution in [3.05, 3.63) is 81.7 Å². The third-order valence-corrected chi connectivity index (χ3v) is 5.34. The number of carbonyl (C=O) groups excluding carboxylic acids is 2. The van der Waals surface area contributed by atoms with Crippen LogP contribution in [0.4, 0.5) is 0 Å². The molecule has 2 aromatic heterocycles. The van der Waals surface area contributed by atoms with Crippen molar-refractivity contribution in [2.24, 2.45) is 0 Å². The number of aromatic amines is 1. The third kappa shape index (κ3) is 3.61. The van der Waals surface area contributed by atoms with Gasteiger partial charge >= 0.3 is 5.97 Å². The Morgan fingerprint density at radius 1 is 1.10 bits per heavy atom. The van der Waals surface area contributed by atoms with Crippen LogP contribution < -0.4 is 0 Å². The van der Waals surface area contributed by atoms with Gasteiger partial charge in [0.15, 0.2) is 12.3 Å². The highest BCUT2D eigenvalue weighted by molar-refractivity contribution is 9.10. The minimum absolute atomic E-state index is 0.175. The fourth-order valence-corrected chi connectivity index (χ4v) is 3.69. The number of rotatable bonds is 5. The van der Waals surface area contributed by atoms with Crippen molar-refractivity contribution in [1.29, 1.82) is 0 Å². The predicted molar refractivity (Wildman–Crippen MR) is 114 cm³/mol. The number of hydrogen-bond donors (Lipinski definition) is 1. The topological polar surface area (TPSA) is 77.0 Å². The molecule has 7 heteroatoms. The van der Waals surface area contributed by atoms with Crippen molar-refractivity contribution >= 4 is 38.6 Å². The van der Waals surface area contributed by atoms with Gasteiger partial charge in [0.05, 0.1) is 5.52 Å². The molecule has 0 aliphatic heterocycles. The minimum atomic E-state index is -0.627. The number of aromatic nitrogens is 3. The Labute approximate surface area is 175 Å². The van der Waals surface area contributed by atoms with Crippen LogP contribution in [0.3, 0.4) is 0 Å². The first-order valence-corrected chi connectivity index (χ1v) is 9.83. The summed E-state index contributed by atoms with van der Waals surface area (Å²) in [6.07, 6.45) is 0. The monoisotopic (exact) mass is 451 g/mol. The van der Waals surface area contributed by atoms with Gasteiger partial charge in [0, 0.05) is 32.5 Å². The third-order valence-electron chi connectivity index (χ3n) is 4.81. The highest BCUT2D eigenvalue weighted by Gasteiger charge is 2.20. The second-order valence-electron chi connectivity index (χ2n) is 6.71. The summed E-state index contributed by atoms with van der Waals surface area (Å²) in [6.45, 7) is 3.48. The molecule has 2 heterocycles. The normalized spacial score (nSPS) is 11.0. The second-order valence-corrected chi connectivity index (χ2v) is 7.63. The molecule has 0 atom stereocenters. The number of halogens is 1. The fourth-order valence-electron chi connectivity index (χ4n) is 3.43. The lowest BCUT2D eigenvalue weighted by Crippen LogP contribution is -2.15. The molecule has 1 N–H and O–H groups in total. The number of ketones is 1. The Morgan fingerprint density at radius 3 is 2.59 bits per heavy atom. The number of ether oxygens (including phenoxy) is 1. The average Bonchev–Trinajstić information content (AvgIpc) is 3.28. The number of Topliss-reactive ketones (excluding diaryl/α,β-unsaturated/α-hetero) is 1. The van der Waals surface area contributed by atoms with Crippen LogP contribution in [0.1, 0.15) is 32.2 Å². The summed E-state index contributed by atoms with van der Waals surface area (Å²) in [6, 6.07) is 16.9. The zero-order valence-corrected chi connectivity index (χ0v) is 17.5. The maximum Gasteiger partial charge on any atom is 0.359 e. The molecule has 0 aliphatic carbocycles. The van der Waals surface area contributed by atoms with E-state index in [1.165, 1.54) is 0 Å². The molecular formula is C22H18BrN3O3. The molecule has 0 aliphatic rings. The smallest absolute Gasteiger partial charge is 0.359 e. The van der Waals surface area contributed by atoms with E-state index >= 15 is 0 Å². The molecule has 0 fully saturated rings. The van der Waals surface area contributed by atoms with Crippen LogP contribution in [0.5, 0.6) is 0 Å². The lowest BCUT2D eigenvalue weighted by atomic mass is 10.1. The number of benzene rings is 2. The molecule has 0 amide bonds. The lowest BCUT2D eigenvalue weighted by molar-refractivity contribution is 0.0470. The number of para-hydroxylation sites is 1. The molecule has 2 aromatic carbocycles. The van der Waals surface area contributed by atoms with Crippen LogP contribution in [0, 0.1) is 13.8 Å². The van der Waals surface area contributed by atoms with Gasteiger partial charge in [-0.2, -0.15) is 5.10 Å². The largest absolute Gasteiger partial charge is 0.452 e. The lowest BCUT2D eigenvalue weighted by Gasteiger charge is -2.10. The summed E-state index contributed by atoms with van der Waals surface area (Å²) in [4.78, 5) is 25.1. The molecule has 0 spiro atoms. The minimum Gasteiger partial charge on any atom is -0.452 e. The van der Waals surface area contributed by atoms with Gasteiger partial charge in [0.2, 0.25) is 5.78 Å². The summed E-state index contributed by atoms with van der Waals surface area (Å²) < 4.78 is 8.24. The summed E-state index contributed by atoms with van der Waals surface area (Å²) in [5.74, 6) is -0.882. The van der Waals surface area contributed by atoms with E-state index in [2.05, 4.69) is 26.1 Å². The first-order valence-electron chi connectivity index (χ1n) is 9.04. The quantitative estimate of drug-likeness (QED) is 0.350. The van der Waals surface area contributed by atoms with Gasteiger partial charge in [-0.25, -0.2) is 4.79 Å². The van der Waals surface area contributed by atoms with E-state index in [-0.39, 0.29) is 18.1 Å². The van der Waals surface area contributed by atoms with Gasteiger partial charge < -0.3 is 9.30 Å². The van der Waals surface area contributed by atoms with Gasteiger partial charge in [-0.3, -0.25) is 9.89 Å². The summed E-state index contributed by atoms with van der Waals surface area (Å²) in [5.41, 5.74) is 4.14. The van der Waals surface area contributed by atoms with E-state index in [0.29, 0.717) is 10.9 Å². The van der Waals surface area contributed by atoms with Crippen LogP contribution in [0.2, 0.25) is 0 Å². The van der Waals surface area contributed by atoms with Crippen molar-refractivity contribution < 1.29 is 14.3 Å². The highest BCUT2D eigenvalue weighted by Crippen LogP contribution is 2.23. The first-order chi connectivity index (χ1) is 14.0. The van der Waals surface area contributed by atoms with Crippen LogP contribution in [-0.4, -0.2) is 33.1 Å². The van der Waals surface area contributed by atoms with E-state index in [1.807, 2.05) is 66.9 Å². The summed E-state index contributed by atoms with van der Waals surface area (Å²) in [7, 11) is 0. The summed E-state index contributed by atoms with van der Waals surface area (Å²) in [5, 5.41) is 7.46. The summed E-state index contributed by atoms with van der Waals surface area (Å²) >= 11 is 3.43. The Kier molecular flexibility index (Phi) is 5.07. The maximum absolute atomic E-state index is 12.7. The maximum atomic E-state index is 12.7. The molecule has 4 aromatic rings. The Bertz CT molecular complexity index is 1220. The molecule has 0 radical (unpaired) electrons. The zero-order valence-electron chi connectivity index (χ0n) is 15.9. The van der Waals surface area contributed by atoms with E-state index in [0.717, 1.165) is 27.1 Å². The van der Waals surface area contributed by atoms with Gasteiger partial charge in [-0.15, -0.1) is 0 Å². The van der Waals surface area contributed by atoms with Crippen molar-refractivity contribution in [2.75, 3.05) is 6.61 Å². The van der Waals surface area contributed by atoms with E-state index in [4.69, 9.17) is 4.74 Å².